The highest BCUT2D eigenvalue weighted by Gasteiger charge is 1.97. The molecule has 0 fully saturated rings. The summed E-state index contributed by atoms with van der Waals surface area (Å²) in [5.41, 5.74) is 10.1. The summed E-state index contributed by atoms with van der Waals surface area (Å²) in [4.78, 5) is 0.915. The third kappa shape index (κ3) is 2.98. The van der Waals surface area contributed by atoms with Crippen LogP contribution in [0.1, 0.15) is 4.88 Å². The van der Waals surface area contributed by atoms with Crippen molar-refractivity contribution < 1.29 is 4.39 Å². The number of amidine groups is 1. The number of thiophene rings is 1. The van der Waals surface area contributed by atoms with Crippen LogP contribution < -0.4 is 11.5 Å². The van der Waals surface area contributed by atoms with Gasteiger partial charge in [0.2, 0.25) is 0 Å². The number of hydrogen-bond acceptors (Lipinski definition) is 4. The maximum Gasteiger partial charge on any atom is 0.183 e. The minimum Gasteiger partial charge on any atom is -0.402 e. The summed E-state index contributed by atoms with van der Waals surface area (Å²) < 4.78 is 12.6. The molecule has 0 bridgehead atoms. The number of halogens is 1. The monoisotopic (exact) mass is 212 g/mol. The van der Waals surface area contributed by atoms with E-state index in [9.17, 15) is 4.39 Å². The molecule has 0 aromatic carbocycles. The van der Waals surface area contributed by atoms with Crippen molar-refractivity contribution in [2.75, 3.05) is 0 Å². The Morgan fingerprint density at radius 2 is 2.36 bits per heavy atom. The second kappa shape index (κ2) is 5.13. The van der Waals surface area contributed by atoms with Gasteiger partial charge in [0, 0.05) is 11.1 Å². The van der Waals surface area contributed by atoms with E-state index in [1.165, 1.54) is 17.6 Å². The Labute approximate surface area is 84.4 Å². The van der Waals surface area contributed by atoms with Gasteiger partial charge in [0.05, 0.1) is 6.21 Å². The minimum atomic E-state index is -0.784. The van der Waals surface area contributed by atoms with Gasteiger partial charge < -0.3 is 11.5 Å². The van der Waals surface area contributed by atoms with Gasteiger partial charge in [-0.2, -0.15) is 5.10 Å². The van der Waals surface area contributed by atoms with Gasteiger partial charge in [-0.25, -0.2) is 4.39 Å². The fraction of sp³-hybridized carbons (Fsp3) is 0. The molecule has 0 aliphatic carbocycles. The van der Waals surface area contributed by atoms with Crippen molar-refractivity contribution in [1.29, 1.82) is 0 Å². The highest BCUT2D eigenvalue weighted by molar-refractivity contribution is 7.11. The fourth-order valence-electron chi connectivity index (χ4n) is 0.646. The second-order valence-corrected chi connectivity index (χ2v) is 3.24. The van der Waals surface area contributed by atoms with Crippen LogP contribution in [0.2, 0.25) is 0 Å². The molecule has 6 heteroatoms. The van der Waals surface area contributed by atoms with Crippen LogP contribution >= 0.6 is 11.3 Å². The molecule has 1 heterocycles. The first-order valence-electron chi connectivity index (χ1n) is 3.72. The van der Waals surface area contributed by atoms with Crippen LogP contribution in [0.5, 0.6) is 0 Å². The van der Waals surface area contributed by atoms with Crippen molar-refractivity contribution in [3.05, 3.63) is 34.4 Å². The number of hydrogen-bond donors (Lipinski definition) is 2. The predicted octanol–water partition coefficient (Wildman–Crippen LogP) is 1.21. The van der Waals surface area contributed by atoms with E-state index < -0.39 is 5.83 Å². The maximum absolute atomic E-state index is 12.6. The Morgan fingerprint density at radius 3 is 2.93 bits per heavy atom. The lowest BCUT2D eigenvalue weighted by atomic mass is 10.5. The van der Waals surface area contributed by atoms with E-state index >= 15 is 0 Å². The Hall–Kier alpha value is -1.69. The van der Waals surface area contributed by atoms with E-state index in [-0.39, 0.29) is 5.84 Å². The summed E-state index contributed by atoms with van der Waals surface area (Å²) in [6.07, 6.45) is 2.22. The van der Waals surface area contributed by atoms with Crippen molar-refractivity contribution in [3.63, 3.8) is 0 Å². The zero-order chi connectivity index (χ0) is 10.4. The van der Waals surface area contributed by atoms with Gasteiger partial charge in [0.1, 0.15) is 0 Å². The molecule has 1 aromatic heterocycles. The third-order valence-corrected chi connectivity index (χ3v) is 2.09. The molecule has 4 N–H and O–H groups in total. The number of rotatable bonds is 3. The molecular formula is C8H9FN4S. The van der Waals surface area contributed by atoms with Gasteiger partial charge in [-0.3, -0.25) is 0 Å². The summed E-state index contributed by atoms with van der Waals surface area (Å²) in [5, 5.41) is 8.91. The van der Waals surface area contributed by atoms with Crippen LogP contribution in [-0.4, -0.2) is 12.1 Å². The second-order valence-electron chi connectivity index (χ2n) is 2.26. The first-order chi connectivity index (χ1) is 6.74. The molecule has 4 nitrogen and oxygen atoms in total. The molecule has 0 amide bonds. The van der Waals surface area contributed by atoms with Crippen molar-refractivity contribution >= 4 is 23.4 Å². The topological polar surface area (TPSA) is 76.8 Å². The molecule has 0 aliphatic rings. The van der Waals surface area contributed by atoms with Crippen LogP contribution in [0.3, 0.4) is 0 Å². The van der Waals surface area contributed by atoms with Gasteiger partial charge >= 0.3 is 0 Å². The van der Waals surface area contributed by atoms with Crippen molar-refractivity contribution in [2.45, 2.75) is 0 Å². The standard InChI is InChI=1S/C8H9FN4S/c9-7(4-10)8(11)13-12-5-6-2-1-3-14-6/h1-5H,10H2,(H2,11,13)/b7-4?,12-5+. The number of nitrogens with two attached hydrogens (primary N) is 2. The first kappa shape index (κ1) is 10.4. The highest BCUT2D eigenvalue weighted by Crippen LogP contribution is 2.04. The largest absolute Gasteiger partial charge is 0.402 e. The highest BCUT2D eigenvalue weighted by atomic mass is 32.1. The molecule has 0 unspecified atom stereocenters. The smallest absolute Gasteiger partial charge is 0.183 e. The van der Waals surface area contributed by atoms with Crippen LogP contribution in [0.25, 0.3) is 0 Å². The quantitative estimate of drug-likeness (QED) is 0.449. The van der Waals surface area contributed by atoms with E-state index in [4.69, 9.17) is 11.5 Å². The van der Waals surface area contributed by atoms with Crippen LogP contribution in [0.4, 0.5) is 4.39 Å². The SMILES string of the molecule is NC=C(F)C(N)=N/N=C/c1cccs1. The summed E-state index contributed by atoms with van der Waals surface area (Å²) in [6, 6.07) is 3.73. The molecule has 0 aliphatic heterocycles. The van der Waals surface area contributed by atoms with Gasteiger partial charge in [0.15, 0.2) is 11.7 Å². The molecule has 0 atom stereocenters. The molecule has 0 spiro atoms. The Kier molecular flexibility index (Phi) is 3.81. The average Bonchev–Trinajstić information content (AvgIpc) is 2.69. The van der Waals surface area contributed by atoms with E-state index in [1.807, 2.05) is 17.5 Å². The maximum atomic E-state index is 12.6. The van der Waals surface area contributed by atoms with E-state index in [0.29, 0.717) is 0 Å². The van der Waals surface area contributed by atoms with Crippen molar-refractivity contribution in [1.82, 2.24) is 0 Å². The van der Waals surface area contributed by atoms with Crippen LogP contribution in [0, 0.1) is 0 Å². The Balaban J connectivity index is 2.63. The zero-order valence-corrected chi connectivity index (χ0v) is 8.04. The van der Waals surface area contributed by atoms with E-state index in [0.717, 1.165) is 11.1 Å². The number of nitrogens with zero attached hydrogens (tertiary/aromatic N) is 2. The average molecular weight is 212 g/mol. The molecule has 0 saturated carbocycles. The van der Waals surface area contributed by atoms with Gasteiger partial charge in [-0.1, -0.05) is 6.07 Å². The Morgan fingerprint density at radius 1 is 1.57 bits per heavy atom. The fourth-order valence-corrected chi connectivity index (χ4v) is 1.23. The van der Waals surface area contributed by atoms with Gasteiger partial charge in [-0.15, -0.1) is 16.4 Å². The van der Waals surface area contributed by atoms with Crippen molar-refractivity contribution in [3.8, 4) is 0 Å². The van der Waals surface area contributed by atoms with Crippen LogP contribution in [0.15, 0.2) is 39.7 Å². The third-order valence-electron chi connectivity index (χ3n) is 1.28. The van der Waals surface area contributed by atoms with Gasteiger partial charge in [-0.05, 0) is 11.4 Å². The van der Waals surface area contributed by atoms with Gasteiger partial charge in [0.25, 0.3) is 0 Å². The molecule has 14 heavy (non-hydrogen) atoms. The van der Waals surface area contributed by atoms with Crippen molar-refractivity contribution in [2.24, 2.45) is 21.7 Å². The first-order valence-corrected chi connectivity index (χ1v) is 4.59. The van der Waals surface area contributed by atoms with Crippen LogP contribution in [-0.2, 0) is 0 Å². The molecule has 1 aromatic rings. The zero-order valence-electron chi connectivity index (χ0n) is 7.22. The molecule has 0 radical (unpaired) electrons. The summed E-state index contributed by atoms with van der Waals surface area (Å²) in [7, 11) is 0. The summed E-state index contributed by atoms with van der Waals surface area (Å²) in [6.45, 7) is 0. The molecule has 0 saturated heterocycles. The normalized spacial score (nSPS) is 13.8. The summed E-state index contributed by atoms with van der Waals surface area (Å²) >= 11 is 1.50. The molecular weight excluding hydrogens is 203 g/mol. The predicted molar refractivity (Wildman–Crippen MR) is 56.9 cm³/mol. The lowest BCUT2D eigenvalue weighted by Gasteiger charge is -1.90. The lowest BCUT2D eigenvalue weighted by Crippen LogP contribution is -2.12. The van der Waals surface area contributed by atoms with E-state index in [1.54, 1.807) is 0 Å². The van der Waals surface area contributed by atoms with E-state index in [2.05, 4.69) is 10.2 Å². The molecule has 1 rings (SSSR count). The molecule has 74 valence electrons. The minimum absolute atomic E-state index is 0.333. The lowest BCUT2D eigenvalue weighted by molar-refractivity contribution is 0.675. The summed E-state index contributed by atoms with van der Waals surface area (Å²) in [5.74, 6) is -1.12. The Bertz CT molecular complexity index is 367.